The van der Waals surface area contributed by atoms with E-state index in [9.17, 15) is 5.11 Å². The maximum atomic E-state index is 9.58. The number of halogens is 1. The molecule has 0 fully saturated rings. The highest BCUT2D eigenvalue weighted by atomic mass is 35.5. The van der Waals surface area contributed by atoms with Crippen LogP contribution in [0.15, 0.2) is 18.2 Å². The molecule has 0 saturated carbocycles. The standard InChI is InChI=1S/C12H18ClNO2/c1-3-16-8-10(15)7-14-12-6-4-5-11(13)9(12)2/h4-6,10,14-15H,3,7-8H2,1-2H3. The number of aliphatic hydroxyl groups excluding tert-OH is 1. The maximum absolute atomic E-state index is 9.58. The van der Waals surface area contributed by atoms with Crippen LogP contribution in [0.4, 0.5) is 5.69 Å². The Balaban J connectivity index is 2.45. The number of rotatable bonds is 6. The third-order valence-electron chi connectivity index (χ3n) is 2.31. The molecule has 0 spiro atoms. The zero-order chi connectivity index (χ0) is 12.0. The highest BCUT2D eigenvalue weighted by Gasteiger charge is 2.06. The van der Waals surface area contributed by atoms with Gasteiger partial charge in [-0.1, -0.05) is 17.7 Å². The molecule has 0 aliphatic heterocycles. The summed E-state index contributed by atoms with van der Waals surface area (Å²) < 4.78 is 5.12. The molecule has 90 valence electrons. The lowest BCUT2D eigenvalue weighted by atomic mass is 10.2. The van der Waals surface area contributed by atoms with Gasteiger partial charge in [-0.25, -0.2) is 0 Å². The van der Waals surface area contributed by atoms with Crippen molar-refractivity contribution in [3.63, 3.8) is 0 Å². The first kappa shape index (κ1) is 13.3. The predicted octanol–water partition coefficient (Wildman–Crippen LogP) is 2.46. The Hall–Kier alpha value is -0.770. The first-order chi connectivity index (χ1) is 7.65. The first-order valence-corrected chi connectivity index (χ1v) is 5.77. The molecule has 0 heterocycles. The summed E-state index contributed by atoms with van der Waals surface area (Å²) in [6, 6.07) is 5.67. The second-order valence-electron chi connectivity index (χ2n) is 3.61. The highest BCUT2D eigenvalue weighted by Crippen LogP contribution is 2.22. The van der Waals surface area contributed by atoms with Gasteiger partial charge in [-0.2, -0.15) is 0 Å². The number of anilines is 1. The minimum Gasteiger partial charge on any atom is -0.389 e. The van der Waals surface area contributed by atoms with Gasteiger partial charge in [0.15, 0.2) is 0 Å². The van der Waals surface area contributed by atoms with Gasteiger partial charge in [-0.3, -0.25) is 0 Å². The molecule has 0 bridgehead atoms. The van der Waals surface area contributed by atoms with Gasteiger partial charge in [0, 0.05) is 23.9 Å². The molecule has 0 radical (unpaired) electrons. The van der Waals surface area contributed by atoms with Crippen LogP contribution in [0.25, 0.3) is 0 Å². The molecule has 1 unspecified atom stereocenters. The monoisotopic (exact) mass is 243 g/mol. The normalized spacial score (nSPS) is 12.5. The molecule has 1 aromatic rings. The smallest absolute Gasteiger partial charge is 0.0945 e. The molecule has 1 atom stereocenters. The molecule has 1 aromatic carbocycles. The number of ether oxygens (including phenoxy) is 1. The Labute approximate surface area is 101 Å². The average Bonchev–Trinajstić information content (AvgIpc) is 2.28. The van der Waals surface area contributed by atoms with Crippen molar-refractivity contribution in [3.05, 3.63) is 28.8 Å². The summed E-state index contributed by atoms with van der Waals surface area (Å²) in [5, 5.41) is 13.5. The quantitative estimate of drug-likeness (QED) is 0.807. The Bertz CT molecular complexity index is 331. The lowest BCUT2D eigenvalue weighted by Crippen LogP contribution is -2.25. The van der Waals surface area contributed by atoms with Crippen LogP contribution in [0.5, 0.6) is 0 Å². The van der Waals surface area contributed by atoms with Crippen molar-refractivity contribution in [3.8, 4) is 0 Å². The second kappa shape index (κ2) is 6.74. The van der Waals surface area contributed by atoms with E-state index >= 15 is 0 Å². The lowest BCUT2D eigenvalue weighted by molar-refractivity contribution is 0.0496. The third-order valence-corrected chi connectivity index (χ3v) is 2.72. The fraction of sp³-hybridized carbons (Fsp3) is 0.500. The minimum absolute atomic E-state index is 0.350. The predicted molar refractivity (Wildman–Crippen MR) is 67.2 cm³/mol. The van der Waals surface area contributed by atoms with Crippen molar-refractivity contribution in [2.24, 2.45) is 0 Å². The van der Waals surface area contributed by atoms with Crippen LogP contribution in [-0.2, 0) is 4.74 Å². The number of hydrogen-bond donors (Lipinski definition) is 2. The van der Waals surface area contributed by atoms with Gasteiger partial charge in [-0.05, 0) is 31.5 Å². The van der Waals surface area contributed by atoms with Gasteiger partial charge in [0.25, 0.3) is 0 Å². The summed E-state index contributed by atoms with van der Waals surface area (Å²) in [4.78, 5) is 0. The molecular formula is C12H18ClNO2. The van der Waals surface area contributed by atoms with E-state index in [0.717, 1.165) is 16.3 Å². The van der Waals surface area contributed by atoms with Gasteiger partial charge < -0.3 is 15.2 Å². The number of aliphatic hydroxyl groups is 1. The van der Waals surface area contributed by atoms with Crippen LogP contribution >= 0.6 is 11.6 Å². The van der Waals surface area contributed by atoms with Crippen molar-refractivity contribution >= 4 is 17.3 Å². The Morgan fingerprint density at radius 3 is 2.94 bits per heavy atom. The summed E-state index contributed by atoms with van der Waals surface area (Å²) in [5.74, 6) is 0. The summed E-state index contributed by atoms with van der Waals surface area (Å²) in [5.41, 5.74) is 1.94. The number of hydrogen-bond acceptors (Lipinski definition) is 3. The summed E-state index contributed by atoms with van der Waals surface area (Å²) in [6.07, 6.45) is -0.502. The first-order valence-electron chi connectivity index (χ1n) is 5.40. The van der Waals surface area contributed by atoms with Crippen LogP contribution in [0.2, 0.25) is 5.02 Å². The fourth-order valence-electron chi connectivity index (χ4n) is 1.34. The number of benzene rings is 1. The van der Waals surface area contributed by atoms with Crippen molar-refractivity contribution in [2.75, 3.05) is 25.1 Å². The van der Waals surface area contributed by atoms with Crippen molar-refractivity contribution in [1.29, 1.82) is 0 Å². The molecule has 4 heteroatoms. The molecule has 2 N–H and O–H groups in total. The minimum atomic E-state index is -0.502. The summed E-state index contributed by atoms with van der Waals surface area (Å²) in [7, 11) is 0. The van der Waals surface area contributed by atoms with Gasteiger partial charge in [0.2, 0.25) is 0 Å². The van der Waals surface area contributed by atoms with Crippen molar-refractivity contribution in [1.82, 2.24) is 0 Å². The van der Waals surface area contributed by atoms with E-state index in [-0.39, 0.29) is 0 Å². The third kappa shape index (κ3) is 4.00. The highest BCUT2D eigenvalue weighted by molar-refractivity contribution is 6.31. The molecule has 0 saturated heterocycles. The molecule has 0 aliphatic rings. The Morgan fingerprint density at radius 2 is 2.25 bits per heavy atom. The molecule has 0 aromatic heterocycles. The van der Waals surface area contributed by atoms with Crippen molar-refractivity contribution in [2.45, 2.75) is 20.0 Å². The topological polar surface area (TPSA) is 41.5 Å². The molecule has 16 heavy (non-hydrogen) atoms. The lowest BCUT2D eigenvalue weighted by Gasteiger charge is -2.14. The molecule has 1 rings (SSSR count). The van der Waals surface area contributed by atoms with Crippen LogP contribution in [0, 0.1) is 6.92 Å². The summed E-state index contributed by atoms with van der Waals surface area (Å²) in [6.45, 7) is 5.28. The Morgan fingerprint density at radius 1 is 1.50 bits per heavy atom. The summed E-state index contributed by atoms with van der Waals surface area (Å²) >= 11 is 5.99. The van der Waals surface area contributed by atoms with Crippen LogP contribution in [-0.4, -0.2) is 31.0 Å². The van der Waals surface area contributed by atoms with E-state index in [2.05, 4.69) is 5.32 Å². The second-order valence-corrected chi connectivity index (χ2v) is 4.01. The van der Waals surface area contributed by atoms with E-state index in [1.807, 2.05) is 32.0 Å². The van der Waals surface area contributed by atoms with Crippen LogP contribution in [0.3, 0.4) is 0 Å². The van der Waals surface area contributed by atoms with E-state index < -0.39 is 6.10 Å². The average molecular weight is 244 g/mol. The number of nitrogens with one attached hydrogen (secondary N) is 1. The molecule has 0 amide bonds. The zero-order valence-electron chi connectivity index (χ0n) is 9.66. The Kier molecular flexibility index (Phi) is 5.60. The van der Waals surface area contributed by atoms with E-state index in [4.69, 9.17) is 16.3 Å². The van der Waals surface area contributed by atoms with Gasteiger partial charge in [0.1, 0.15) is 0 Å². The van der Waals surface area contributed by atoms with E-state index in [1.54, 1.807) is 0 Å². The largest absolute Gasteiger partial charge is 0.389 e. The van der Waals surface area contributed by atoms with Gasteiger partial charge in [-0.15, -0.1) is 0 Å². The SMILES string of the molecule is CCOCC(O)CNc1cccc(Cl)c1C. The van der Waals surface area contributed by atoms with E-state index in [1.165, 1.54) is 0 Å². The van der Waals surface area contributed by atoms with E-state index in [0.29, 0.717) is 19.8 Å². The van der Waals surface area contributed by atoms with Gasteiger partial charge >= 0.3 is 0 Å². The zero-order valence-corrected chi connectivity index (χ0v) is 10.4. The molecule has 0 aliphatic carbocycles. The molecular weight excluding hydrogens is 226 g/mol. The van der Waals surface area contributed by atoms with Crippen LogP contribution in [0.1, 0.15) is 12.5 Å². The molecule has 3 nitrogen and oxygen atoms in total. The van der Waals surface area contributed by atoms with Crippen molar-refractivity contribution < 1.29 is 9.84 Å². The van der Waals surface area contributed by atoms with Gasteiger partial charge in [0.05, 0.1) is 12.7 Å². The fourth-order valence-corrected chi connectivity index (χ4v) is 1.51. The van der Waals surface area contributed by atoms with Crippen LogP contribution < -0.4 is 5.32 Å². The maximum Gasteiger partial charge on any atom is 0.0945 e.